The highest BCUT2D eigenvalue weighted by Crippen LogP contribution is 2.32. The average molecular weight is 368 g/mol. The van der Waals surface area contributed by atoms with Gasteiger partial charge in [0.2, 0.25) is 6.79 Å². The van der Waals surface area contributed by atoms with Gasteiger partial charge in [0.05, 0.1) is 6.54 Å². The lowest BCUT2D eigenvalue weighted by Crippen LogP contribution is -2.37. The molecule has 142 valence electrons. The molecule has 6 heteroatoms. The molecule has 0 saturated heterocycles. The van der Waals surface area contributed by atoms with Gasteiger partial charge >= 0.3 is 6.03 Å². The van der Waals surface area contributed by atoms with Gasteiger partial charge in [0, 0.05) is 6.54 Å². The van der Waals surface area contributed by atoms with Crippen LogP contribution in [0.2, 0.25) is 0 Å². The predicted molar refractivity (Wildman–Crippen MR) is 101 cm³/mol. The summed E-state index contributed by atoms with van der Waals surface area (Å²) < 4.78 is 16.4. The molecule has 6 nitrogen and oxygen atoms in total. The topological polar surface area (TPSA) is 68.8 Å². The molecule has 2 aliphatic rings. The first kappa shape index (κ1) is 17.5. The first-order valence-corrected chi connectivity index (χ1v) is 9.43. The number of fused-ring (bicyclic) bond motifs is 2. The minimum absolute atomic E-state index is 0.221. The summed E-state index contributed by atoms with van der Waals surface area (Å²) in [6.45, 7) is 1.56. The van der Waals surface area contributed by atoms with Crippen LogP contribution in [0.1, 0.15) is 29.5 Å². The van der Waals surface area contributed by atoms with Crippen molar-refractivity contribution in [1.82, 2.24) is 10.6 Å². The number of hydrogen-bond acceptors (Lipinski definition) is 4. The molecule has 0 saturated carbocycles. The van der Waals surface area contributed by atoms with Crippen LogP contribution in [0.25, 0.3) is 0 Å². The van der Waals surface area contributed by atoms with Crippen LogP contribution >= 0.6 is 0 Å². The van der Waals surface area contributed by atoms with Crippen LogP contribution < -0.4 is 24.8 Å². The maximum absolute atomic E-state index is 11.9. The third kappa shape index (κ3) is 4.45. The lowest BCUT2D eigenvalue weighted by Gasteiger charge is -2.17. The Hall–Kier alpha value is -2.89. The Labute approximate surface area is 158 Å². The summed E-state index contributed by atoms with van der Waals surface area (Å²) in [6, 6.07) is 11.7. The second-order valence-corrected chi connectivity index (χ2v) is 6.78. The first-order chi connectivity index (χ1) is 13.3. The minimum Gasteiger partial charge on any atom is -0.492 e. The van der Waals surface area contributed by atoms with E-state index in [1.54, 1.807) is 0 Å². The Morgan fingerprint density at radius 2 is 1.81 bits per heavy atom. The monoisotopic (exact) mass is 368 g/mol. The van der Waals surface area contributed by atoms with E-state index in [2.05, 4.69) is 22.8 Å². The van der Waals surface area contributed by atoms with E-state index in [1.807, 2.05) is 24.3 Å². The van der Waals surface area contributed by atoms with Crippen molar-refractivity contribution < 1.29 is 19.0 Å². The summed E-state index contributed by atoms with van der Waals surface area (Å²) in [5.74, 6) is 2.33. The fourth-order valence-electron chi connectivity index (χ4n) is 3.43. The molecule has 2 aromatic rings. The van der Waals surface area contributed by atoms with Gasteiger partial charge in [-0.15, -0.1) is 0 Å². The van der Waals surface area contributed by atoms with Crippen molar-refractivity contribution in [2.24, 2.45) is 0 Å². The summed E-state index contributed by atoms with van der Waals surface area (Å²) >= 11 is 0. The van der Waals surface area contributed by atoms with Crippen LogP contribution in [0.5, 0.6) is 17.2 Å². The molecule has 4 rings (SSSR count). The molecule has 0 spiro atoms. The molecule has 2 amide bonds. The van der Waals surface area contributed by atoms with Gasteiger partial charge in [-0.25, -0.2) is 4.79 Å². The molecule has 2 N–H and O–H groups in total. The van der Waals surface area contributed by atoms with Crippen LogP contribution in [-0.2, 0) is 19.4 Å². The van der Waals surface area contributed by atoms with E-state index in [0.717, 1.165) is 23.5 Å². The van der Waals surface area contributed by atoms with Crippen LogP contribution in [0.3, 0.4) is 0 Å². The summed E-state index contributed by atoms with van der Waals surface area (Å²) in [5.41, 5.74) is 3.79. The molecule has 1 heterocycles. The third-order valence-corrected chi connectivity index (χ3v) is 4.87. The number of hydrogen-bond donors (Lipinski definition) is 2. The Morgan fingerprint density at radius 1 is 0.963 bits per heavy atom. The summed E-state index contributed by atoms with van der Waals surface area (Å²) in [7, 11) is 0. The second kappa shape index (κ2) is 8.20. The van der Waals surface area contributed by atoms with Gasteiger partial charge in [-0.05, 0) is 66.6 Å². The molecule has 0 aromatic heterocycles. The maximum Gasteiger partial charge on any atom is 0.315 e. The molecule has 27 heavy (non-hydrogen) atoms. The molecule has 0 unspecified atom stereocenters. The quantitative estimate of drug-likeness (QED) is 0.769. The van der Waals surface area contributed by atoms with Gasteiger partial charge in [-0.1, -0.05) is 12.1 Å². The molecule has 1 aliphatic heterocycles. The van der Waals surface area contributed by atoms with Gasteiger partial charge in [-0.3, -0.25) is 0 Å². The van der Waals surface area contributed by atoms with E-state index in [0.29, 0.717) is 25.4 Å². The lowest BCUT2D eigenvalue weighted by molar-refractivity contribution is 0.174. The molecule has 1 aliphatic carbocycles. The van der Waals surface area contributed by atoms with Gasteiger partial charge in [0.15, 0.2) is 11.5 Å². The molecule has 0 bridgehead atoms. The molecular formula is C21H24N2O4. The third-order valence-electron chi connectivity index (χ3n) is 4.87. The highest BCUT2D eigenvalue weighted by Gasteiger charge is 2.13. The van der Waals surface area contributed by atoms with Crippen LogP contribution in [0, 0.1) is 0 Å². The molecule has 0 fully saturated rings. The Kier molecular flexibility index (Phi) is 5.32. The standard InChI is InChI=1S/C21H24N2O4/c24-21(23-13-15-5-8-19-20(11-15)27-14-26-19)22-9-10-25-18-7-6-16-3-1-2-4-17(16)12-18/h5-8,11-12H,1-4,9-10,13-14H2,(H2,22,23,24). The van der Waals surface area contributed by atoms with Gasteiger partial charge < -0.3 is 24.8 Å². The maximum atomic E-state index is 11.9. The zero-order valence-electron chi connectivity index (χ0n) is 15.3. The number of urea groups is 1. The van der Waals surface area contributed by atoms with Crippen LogP contribution in [0.15, 0.2) is 36.4 Å². The van der Waals surface area contributed by atoms with Crippen molar-refractivity contribution in [2.45, 2.75) is 32.2 Å². The van der Waals surface area contributed by atoms with E-state index in [1.165, 1.54) is 30.4 Å². The number of carbonyl (C=O) groups is 1. The Bertz CT molecular complexity index is 822. The van der Waals surface area contributed by atoms with Crippen molar-refractivity contribution in [3.8, 4) is 17.2 Å². The number of nitrogens with one attached hydrogen (secondary N) is 2. The highest BCUT2D eigenvalue weighted by atomic mass is 16.7. The zero-order valence-corrected chi connectivity index (χ0v) is 15.3. The van der Waals surface area contributed by atoms with E-state index < -0.39 is 0 Å². The summed E-state index contributed by atoms with van der Waals surface area (Å²) in [6.07, 6.45) is 4.83. The first-order valence-electron chi connectivity index (χ1n) is 9.43. The molecule has 0 atom stereocenters. The molecular weight excluding hydrogens is 344 g/mol. The van der Waals surface area contributed by atoms with Gasteiger partial charge in [0.25, 0.3) is 0 Å². The fourth-order valence-corrected chi connectivity index (χ4v) is 3.43. The second-order valence-electron chi connectivity index (χ2n) is 6.78. The largest absolute Gasteiger partial charge is 0.492 e. The van der Waals surface area contributed by atoms with E-state index in [4.69, 9.17) is 14.2 Å². The zero-order chi connectivity index (χ0) is 18.5. The number of rotatable bonds is 6. The van der Waals surface area contributed by atoms with Crippen molar-refractivity contribution in [2.75, 3.05) is 19.9 Å². The average Bonchev–Trinajstić information content (AvgIpc) is 3.17. The van der Waals surface area contributed by atoms with Crippen molar-refractivity contribution >= 4 is 6.03 Å². The van der Waals surface area contributed by atoms with Gasteiger partial charge in [-0.2, -0.15) is 0 Å². The van der Waals surface area contributed by atoms with Crippen molar-refractivity contribution in [3.63, 3.8) is 0 Å². The number of aryl methyl sites for hydroxylation is 2. The van der Waals surface area contributed by atoms with E-state index >= 15 is 0 Å². The van der Waals surface area contributed by atoms with Gasteiger partial charge in [0.1, 0.15) is 12.4 Å². The van der Waals surface area contributed by atoms with E-state index in [9.17, 15) is 4.79 Å². The molecule has 0 radical (unpaired) electrons. The number of carbonyl (C=O) groups excluding carboxylic acids is 1. The highest BCUT2D eigenvalue weighted by molar-refractivity contribution is 5.73. The van der Waals surface area contributed by atoms with Crippen LogP contribution in [0.4, 0.5) is 4.79 Å². The number of amides is 2. The fraction of sp³-hybridized carbons (Fsp3) is 0.381. The molecule has 2 aromatic carbocycles. The Balaban J connectivity index is 1.17. The number of benzene rings is 2. The Morgan fingerprint density at radius 3 is 2.74 bits per heavy atom. The van der Waals surface area contributed by atoms with E-state index in [-0.39, 0.29) is 12.8 Å². The SMILES string of the molecule is O=C(NCCOc1ccc2c(c1)CCCC2)NCc1ccc2c(c1)OCO2. The lowest BCUT2D eigenvalue weighted by atomic mass is 9.92. The summed E-state index contributed by atoms with van der Waals surface area (Å²) in [4.78, 5) is 11.9. The predicted octanol–water partition coefficient (Wildman–Crippen LogP) is 3.17. The number of ether oxygens (including phenoxy) is 3. The smallest absolute Gasteiger partial charge is 0.315 e. The van der Waals surface area contributed by atoms with Crippen molar-refractivity contribution in [1.29, 1.82) is 0 Å². The normalized spacial score (nSPS) is 14.4. The van der Waals surface area contributed by atoms with Crippen molar-refractivity contribution in [3.05, 3.63) is 53.1 Å². The van der Waals surface area contributed by atoms with Crippen LogP contribution in [-0.4, -0.2) is 26.0 Å². The summed E-state index contributed by atoms with van der Waals surface area (Å²) in [5, 5.41) is 5.63. The minimum atomic E-state index is -0.221.